The van der Waals surface area contributed by atoms with Gasteiger partial charge in [-0.2, -0.15) is 0 Å². The molecule has 4 aromatic rings. The van der Waals surface area contributed by atoms with Crippen LogP contribution >= 0.6 is 0 Å². The van der Waals surface area contributed by atoms with Gasteiger partial charge in [-0.15, -0.1) is 10.2 Å². The number of benzene rings is 1. The summed E-state index contributed by atoms with van der Waals surface area (Å²) in [7, 11) is -1.04. The highest BCUT2D eigenvalue weighted by molar-refractivity contribution is 7.91. The summed E-state index contributed by atoms with van der Waals surface area (Å²) in [4.78, 5) is 22.3. The molecule has 43 heavy (non-hydrogen) atoms. The van der Waals surface area contributed by atoms with Gasteiger partial charge in [0.1, 0.15) is 28.7 Å². The first kappa shape index (κ1) is 29.9. The molecule has 0 bridgehead atoms. The van der Waals surface area contributed by atoms with Crippen LogP contribution in [0.2, 0.25) is 0 Å². The molecule has 1 saturated heterocycles. The molecule has 0 aliphatic carbocycles. The molecule has 0 amide bonds. The Morgan fingerprint density at radius 2 is 1.77 bits per heavy atom. The topological polar surface area (TPSA) is 152 Å². The number of ether oxygens (including phenoxy) is 3. The van der Waals surface area contributed by atoms with E-state index in [1.807, 2.05) is 0 Å². The van der Waals surface area contributed by atoms with Crippen molar-refractivity contribution in [1.29, 1.82) is 0 Å². The second-order valence-corrected chi connectivity index (χ2v) is 12.2. The highest BCUT2D eigenvalue weighted by Gasteiger charge is 2.41. The van der Waals surface area contributed by atoms with E-state index in [9.17, 15) is 17.6 Å². The molecule has 1 fully saturated rings. The smallest absolute Gasteiger partial charge is 0.310 e. The van der Waals surface area contributed by atoms with Crippen LogP contribution in [0.5, 0.6) is 11.5 Å². The minimum atomic E-state index is -4.01. The number of anilines is 1. The lowest BCUT2D eigenvalue weighted by atomic mass is 9.98. The average molecular weight is 615 g/mol. The maximum absolute atomic E-state index is 14.1. The molecular weight excluding hydrogens is 583 g/mol. The molecule has 5 rings (SSSR count). The Morgan fingerprint density at radius 3 is 2.37 bits per heavy atom. The molecule has 0 N–H and O–H groups in total. The van der Waals surface area contributed by atoms with Gasteiger partial charge < -0.3 is 23.5 Å². The molecule has 1 aliphatic rings. The van der Waals surface area contributed by atoms with Gasteiger partial charge in [0.2, 0.25) is 11.8 Å². The molecule has 0 spiro atoms. The number of carbonyl (C=O) groups excluding carboxylic acids is 1. The first-order valence-electron chi connectivity index (χ1n) is 13.5. The number of aryl methyl sites for hydroxylation is 1. The van der Waals surface area contributed by atoms with Crippen LogP contribution in [-0.4, -0.2) is 78.3 Å². The number of rotatable bonds is 10. The molecule has 228 valence electrons. The Labute approximate surface area is 247 Å². The number of methoxy groups -OCH3 is 2. The number of sulfone groups is 1. The fourth-order valence-electron chi connectivity index (χ4n) is 5.09. The Balaban J connectivity index is 1.57. The normalized spacial score (nSPS) is 17.1. The molecule has 0 saturated carbocycles. The zero-order valence-electron chi connectivity index (χ0n) is 24.1. The van der Waals surface area contributed by atoms with Crippen LogP contribution in [0.3, 0.4) is 0 Å². The first-order valence-corrected chi connectivity index (χ1v) is 15.2. The lowest BCUT2D eigenvalue weighted by Crippen LogP contribution is -2.49. The molecule has 0 unspecified atom stereocenters. The molecule has 13 nitrogen and oxygen atoms in total. The van der Waals surface area contributed by atoms with Crippen LogP contribution in [-0.2, 0) is 25.1 Å². The third-order valence-electron chi connectivity index (χ3n) is 7.08. The maximum Gasteiger partial charge on any atom is 0.310 e. The van der Waals surface area contributed by atoms with Crippen LogP contribution < -0.4 is 14.4 Å². The SMILES string of the molecule is CCOC(=O)[C@H]1C[C@@H](S(=O)(=O)Cc2nnc(-c3ccc(C)o3)n2-c2c(OC)cccc2OC)CN(c2ncc(F)cn2)C1. The number of aromatic nitrogens is 5. The molecular formula is C28H31FN6O7S. The van der Waals surface area contributed by atoms with Crippen molar-refractivity contribution in [1.82, 2.24) is 24.7 Å². The number of carbonyl (C=O) groups is 1. The Kier molecular flexibility index (Phi) is 8.62. The monoisotopic (exact) mass is 614 g/mol. The Morgan fingerprint density at radius 1 is 1.07 bits per heavy atom. The van der Waals surface area contributed by atoms with Crippen LogP contribution in [0, 0.1) is 18.7 Å². The number of nitrogens with zero attached hydrogens (tertiary/aromatic N) is 6. The summed E-state index contributed by atoms with van der Waals surface area (Å²) in [6.07, 6.45) is 1.98. The van der Waals surface area contributed by atoms with E-state index in [-0.39, 0.29) is 43.7 Å². The predicted octanol–water partition coefficient (Wildman–Crippen LogP) is 3.16. The summed E-state index contributed by atoms with van der Waals surface area (Å²) in [5.74, 6) is -0.299. The van der Waals surface area contributed by atoms with Crippen molar-refractivity contribution in [3.05, 3.63) is 60.1 Å². The molecule has 0 radical (unpaired) electrons. The quantitative estimate of drug-likeness (QED) is 0.241. The standard InChI is InChI=1S/C28H31FN6O7S/c1-5-41-27(36)18-11-20(15-34(14-18)28-30-12-19(29)13-31-28)43(37,38)16-24-32-33-26(23-10-9-17(2)42-23)35(24)25-21(39-3)7-6-8-22(25)40-4/h6-10,12-13,18,20H,5,11,14-16H2,1-4H3/t18-,20+/m0/s1. The lowest BCUT2D eigenvalue weighted by Gasteiger charge is -2.36. The van der Waals surface area contributed by atoms with Gasteiger partial charge in [-0.25, -0.2) is 22.8 Å². The van der Waals surface area contributed by atoms with Crippen molar-refractivity contribution >= 4 is 21.8 Å². The Bertz CT molecular complexity index is 1680. The summed E-state index contributed by atoms with van der Waals surface area (Å²) >= 11 is 0. The van der Waals surface area contributed by atoms with Crippen molar-refractivity contribution in [2.24, 2.45) is 5.92 Å². The molecule has 1 aromatic carbocycles. The fourth-order valence-corrected chi connectivity index (χ4v) is 6.80. The number of hydrogen-bond donors (Lipinski definition) is 0. The first-order chi connectivity index (χ1) is 20.6. The van der Waals surface area contributed by atoms with E-state index in [0.29, 0.717) is 28.7 Å². The average Bonchev–Trinajstić information content (AvgIpc) is 3.62. The molecule has 3 aromatic heterocycles. The summed E-state index contributed by atoms with van der Waals surface area (Å²) in [6, 6.07) is 8.62. The minimum Gasteiger partial charge on any atom is -0.494 e. The number of furan rings is 1. The largest absolute Gasteiger partial charge is 0.494 e. The van der Waals surface area contributed by atoms with Gasteiger partial charge in [0.25, 0.3) is 0 Å². The lowest BCUT2D eigenvalue weighted by molar-refractivity contribution is -0.148. The minimum absolute atomic E-state index is 0.00914. The summed E-state index contributed by atoms with van der Waals surface area (Å²) in [6.45, 7) is 3.68. The van der Waals surface area contributed by atoms with Crippen molar-refractivity contribution in [3.8, 4) is 28.8 Å². The fraction of sp³-hybridized carbons (Fsp3) is 0.393. The van der Waals surface area contributed by atoms with Crippen LogP contribution in [0.15, 0.2) is 47.1 Å². The number of piperidine rings is 1. The van der Waals surface area contributed by atoms with Gasteiger partial charge in [-0.3, -0.25) is 9.36 Å². The van der Waals surface area contributed by atoms with E-state index in [4.69, 9.17) is 18.6 Å². The summed E-state index contributed by atoms with van der Waals surface area (Å²) in [5, 5.41) is 7.53. The highest BCUT2D eigenvalue weighted by atomic mass is 32.2. The summed E-state index contributed by atoms with van der Waals surface area (Å²) in [5.41, 5.74) is 0.390. The zero-order chi connectivity index (χ0) is 30.7. The van der Waals surface area contributed by atoms with Gasteiger partial charge in [-0.1, -0.05) is 6.07 Å². The van der Waals surface area contributed by atoms with Crippen LogP contribution in [0.25, 0.3) is 17.3 Å². The zero-order valence-corrected chi connectivity index (χ0v) is 24.9. The van der Waals surface area contributed by atoms with E-state index in [1.165, 1.54) is 14.2 Å². The maximum atomic E-state index is 14.1. The second-order valence-electron chi connectivity index (χ2n) is 9.92. The third-order valence-corrected chi connectivity index (χ3v) is 9.09. The Hall–Kier alpha value is -4.53. The highest BCUT2D eigenvalue weighted by Crippen LogP contribution is 2.37. The van der Waals surface area contributed by atoms with Crippen molar-refractivity contribution in [3.63, 3.8) is 0 Å². The molecule has 1 aliphatic heterocycles. The van der Waals surface area contributed by atoms with Crippen molar-refractivity contribution < 1.29 is 36.2 Å². The van der Waals surface area contributed by atoms with E-state index in [2.05, 4.69) is 20.2 Å². The number of esters is 1. The molecule has 15 heteroatoms. The van der Waals surface area contributed by atoms with Crippen molar-refractivity contribution in [2.75, 3.05) is 38.8 Å². The number of hydrogen-bond acceptors (Lipinski definition) is 12. The van der Waals surface area contributed by atoms with Crippen molar-refractivity contribution in [2.45, 2.75) is 31.3 Å². The van der Waals surface area contributed by atoms with Gasteiger partial charge in [0, 0.05) is 13.1 Å². The predicted molar refractivity (Wildman–Crippen MR) is 152 cm³/mol. The van der Waals surface area contributed by atoms with E-state index in [1.54, 1.807) is 53.6 Å². The van der Waals surface area contributed by atoms with Gasteiger partial charge in [-0.05, 0) is 44.5 Å². The van der Waals surface area contributed by atoms with Crippen LogP contribution in [0.1, 0.15) is 24.9 Å². The van der Waals surface area contributed by atoms with E-state index in [0.717, 1.165) is 12.4 Å². The van der Waals surface area contributed by atoms with E-state index >= 15 is 0 Å². The second kappa shape index (κ2) is 12.4. The molecule has 4 heterocycles. The van der Waals surface area contributed by atoms with Crippen LogP contribution in [0.4, 0.5) is 10.3 Å². The summed E-state index contributed by atoms with van der Waals surface area (Å²) < 4.78 is 65.5. The molecule has 2 atom stereocenters. The number of halogens is 1. The van der Waals surface area contributed by atoms with Gasteiger partial charge in [0.15, 0.2) is 27.2 Å². The van der Waals surface area contributed by atoms with Gasteiger partial charge >= 0.3 is 5.97 Å². The number of para-hydroxylation sites is 1. The van der Waals surface area contributed by atoms with Gasteiger partial charge in [0.05, 0.1) is 44.4 Å². The third kappa shape index (κ3) is 6.16. The van der Waals surface area contributed by atoms with E-state index < -0.39 is 38.5 Å².